The molecule has 4 aromatic rings. The van der Waals surface area contributed by atoms with Crippen LogP contribution in [0.1, 0.15) is 22.3 Å². The maximum Gasteiger partial charge on any atom is 0.194 e. The number of Topliss-reactive ketones (excluding diaryl/α,β-unsaturated/α-hetero) is 2. The third kappa shape index (κ3) is 4.44. The van der Waals surface area contributed by atoms with Crippen molar-refractivity contribution in [3.63, 3.8) is 0 Å². The van der Waals surface area contributed by atoms with Crippen molar-refractivity contribution in [2.45, 2.75) is 0 Å². The van der Waals surface area contributed by atoms with E-state index in [0.717, 1.165) is 33.4 Å². The summed E-state index contributed by atoms with van der Waals surface area (Å²) in [6.07, 6.45) is 7.59. The van der Waals surface area contributed by atoms with Crippen LogP contribution in [-0.2, 0) is 9.59 Å². The summed E-state index contributed by atoms with van der Waals surface area (Å²) in [5, 5.41) is 0. The summed E-state index contributed by atoms with van der Waals surface area (Å²) in [5.41, 5.74) is 7.38. The van der Waals surface area contributed by atoms with Crippen molar-refractivity contribution in [2.75, 3.05) is 0 Å². The number of hydrogen-bond donors (Lipinski definition) is 0. The molecule has 2 nitrogen and oxygen atoms in total. The van der Waals surface area contributed by atoms with Crippen molar-refractivity contribution in [1.82, 2.24) is 0 Å². The van der Waals surface area contributed by atoms with Crippen molar-refractivity contribution >= 4 is 33.9 Å². The predicted molar refractivity (Wildman–Crippen MR) is 155 cm³/mol. The molecule has 0 saturated heterocycles. The molecule has 0 bridgehead atoms. The first-order chi connectivity index (χ1) is 18.7. The van der Waals surface area contributed by atoms with Crippen molar-refractivity contribution in [2.24, 2.45) is 0 Å². The molecule has 38 heavy (non-hydrogen) atoms. The molecule has 4 aromatic carbocycles. The van der Waals surface area contributed by atoms with Gasteiger partial charge >= 0.3 is 0 Å². The largest absolute Gasteiger partial charge is 0.289 e. The van der Waals surface area contributed by atoms with Crippen molar-refractivity contribution in [1.29, 1.82) is 0 Å². The molecule has 0 radical (unpaired) electrons. The van der Waals surface area contributed by atoms with Gasteiger partial charge in [-0.3, -0.25) is 9.59 Å². The zero-order chi connectivity index (χ0) is 25.9. The fraction of sp³-hybridized carbons (Fsp3) is 0. The normalized spacial score (nSPS) is 17.4. The molecule has 0 aliphatic heterocycles. The van der Waals surface area contributed by atoms with E-state index in [1.807, 2.05) is 146 Å². The minimum Gasteiger partial charge on any atom is -0.289 e. The molecule has 180 valence electrons. The first-order valence-corrected chi connectivity index (χ1v) is 12.6. The van der Waals surface area contributed by atoms with E-state index in [1.54, 1.807) is 0 Å². The van der Waals surface area contributed by atoms with Crippen LogP contribution in [-0.4, -0.2) is 11.6 Å². The molecular formula is C36H24O2. The minimum atomic E-state index is -0.155. The maximum atomic E-state index is 14.1. The van der Waals surface area contributed by atoms with Crippen LogP contribution in [0.15, 0.2) is 157 Å². The van der Waals surface area contributed by atoms with Gasteiger partial charge in [0.2, 0.25) is 0 Å². The predicted octanol–water partition coefficient (Wildman–Crippen LogP) is 7.78. The second kappa shape index (κ2) is 10.1. The lowest BCUT2D eigenvalue weighted by atomic mass is 9.80. The van der Waals surface area contributed by atoms with Gasteiger partial charge in [-0.05, 0) is 57.7 Å². The zero-order valence-corrected chi connectivity index (χ0v) is 20.7. The molecule has 0 saturated carbocycles. The van der Waals surface area contributed by atoms with Gasteiger partial charge in [0.1, 0.15) is 0 Å². The Kier molecular flexibility index (Phi) is 6.21. The van der Waals surface area contributed by atoms with Gasteiger partial charge in [0.05, 0.1) is 0 Å². The minimum absolute atomic E-state index is 0.155. The molecule has 2 heteroatoms. The quantitative estimate of drug-likeness (QED) is 0.275. The van der Waals surface area contributed by atoms with Crippen LogP contribution in [0.25, 0.3) is 22.3 Å². The molecule has 0 amide bonds. The molecule has 2 aliphatic rings. The summed E-state index contributed by atoms with van der Waals surface area (Å²) in [6, 6.07) is 39.2. The summed E-state index contributed by atoms with van der Waals surface area (Å²) >= 11 is 0. The summed E-state index contributed by atoms with van der Waals surface area (Å²) in [5.74, 6) is -0.311. The van der Waals surface area contributed by atoms with E-state index in [4.69, 9.17) is 0 Å². The molecular weight excluding hydrogens is 464 g/mol. The highest BCUT2D eigenvalue weighted by Gasteiger charge is 2.30. The van der Waals surface area contributed by atoms with Crippen LogP contribution in [0.3, 0.4) is 0 Å². The van der Waals surface area contributed by atoms with Crippen molar-refractivity contribution < 1.29 is 9.59 Å². The van der Waals surface area contributed by atoms with Gasteiger partial charge in [-0.1, -0.05) is 121 Å². The third-order valence-electron chi connectivity index (χ3n) is 6.85. The highest BCUT2D eigenvalue weighted by molar-refractivity contribution is 6.40. The molecule has 0 spiro atoms. The highest BCUT2D eigenvalue weighted by atomic mass is 16.1. The van der Waals surface area contributed by atoms with Crippen LogP contribution in [0.4, 0.5) is 0 Å². The smallest absolute Gasteiger partial charge is 0.194 e. The average Bonchev–Trinajstić information content (AvgIpc) is 2.99. The molecule has 0 unspecified atom stereocenters. The monoisotopic (exact) mass is 488 g/mol. The van der Waals surface area contributed by atoms with Crippen LogP contribution in [0, 0.1) is 0 Å². The number of allylic oxidation sites excluding steroid dienone is 10. The molecule has 0 N–H and O–H groups in total. The van der Waals surface area contributed by atoms with E-state index in [9.17, 15) is 9.59 Å². The number of ketones is 2. The summed E-state index contributed by atoms with van der Waals surface area (Å²) in [7, 11) is 0. The standard InChI is InChI=1S/C36H24O2/c37-35-31(27-17-9-3-10-18-27)21-29(25-13-5-1-6-14-25)23-33(35)34-24-30(26-15-7-2-8-16-26)22-32(36(34)38)28-19-11-4-12-20-28/h1-24H/b34-33+. The molecule has 0 atom stereocenters. The second-order valence-corrected chi connectivity index (χ2v) is 9.27. The number of carbonyl (C=O) groups is 2. The molecule has 0 heterocycles. The van der Waals surface area contributed by atoms with Gasteiger partial charge in [0.15, 0.2) is 11.6 Å². The van der Waals surface area contributed by atoms with E-state index in [-0.39, 0.29) is 11.6 Å². The lowest BCUT2D eigenvalue weighted by molar-refractivity contribution is -0.112. The first kappa shape index (κ1) is 23.3. The van der Waals surface area contributed by atoms with Crippen molar-refractivity contribution in [3.05, 3.63) is 179 Å². The maximum absolute atomic E-state index is 14.1. The van der Waals surface area contributed by atoms with Crippen LogP contribution in [0.2, 0.25) is 0 Å². The number of hydrogen-bond acceptors (Lipinski definition) is 2. The Balaban J connectivity index is 1.59. The molecule has 0 aromatic heterocycles. The van der Waals surface area contributed by atoms with E-state index in [2.05, 4.69) is 0 Å². The Hall–Kier alpha value is -5.08. The fourth-order valence-corrected chi connectivity index (χ4v) is 4.92. The Bertz CT molecular complexity index is 1550. The topological polar surface area (TPSA) is 34.1 Å². The van der Waals surface area contributed by atoms with E-state index in [0.29, 0.717) is 22.3 Å². The van der Waals surface area contributed by atoms with Crippen molar-refractivity contribution in [3.8, 4) is 0 Å². The van der Waals surface area contributed by atoms with Gasteiger partial charge in [-0.25, -0.2) is 0 Å². The van der Waals surface area contributed by atoms with Gasteiger partial charge in [-0.2, -0.15) is 0 Å². The summed E-state index contributed by atoms with van der Waals surface area (Å²) < 4.78 is 0. The Labute approximate surface area is 222 Å². The van der Waals surface area contributed by atoms with Crippen LogP contribution in [0.5, 0.6) is 0 Å². The summed E-state index contributed by atoms with van der Waals surface area (Å²) in [4.78, 5) is 28.1. The van der Waals surface area contributed by atoms with Crippen LogP contribution < -0.4 is 0 Å². The Morgan fingerprint density at radius 3 is 0.921 bits per heavy atom. The van der Waals surface area contributed by atoms with Crippen LogP contribution >= 0.6 is 0 Å². The lowest BCUT2D eigenvalue weighted by Crippen LogP contribution is -2.17. The zero-order valence-electron chi connectivity index (χ0n) is 20.7. The number of benzene rings is 4. The SMILES string of the molecule is O=C1C(c2ccccc2)=CC(c2ccccc2)=C/C1=C1/C=C(c2ccccc2)C=C(c2ccccc2)C1=O. The van der Waals surface area contributed by atoms with E-state index in [1.165, 1.54) is 0 Å². The van der Waals surface area contributed by atoms with Gasteiger partial charge in [0, 0.05) is 22.3 Å². The third-order valence-corrected chi connectivity index (χ3v) is 6.85. The average molecular weight is 489 g/mol. The molecule has 2 aliphatic carbocycles. The van der Waals surface area contributed by atoms with Gasteiger partial charge in [0.25, 0.3) is 0 Å². The Morgan fingerprint density at radius 2 is 0.605 bits per heavy atom. The fourth-order valence-electron chi connectivity index (χ4n) is 4.92. The van der Waals surface area contributed by atoms with E-state index < -0.39 is 0 Å². The Morgan fingerprint density at radius 1 is 0.316 bits per heavy atom. The number of rotatable bonds is 4. The highest BCUT2D eigenvalue weighted by Crippen LogP contribution is 2.38. The lowest BCUT2D eigenvalue weighted by Gasteiger charge is -2.22. The molecule has 0 fully saturated rings. The molecule has 6 rings (SSSR count). The second-order valence-electron chi connectivity index (χ2n) is 9.27. The van der Waals surface area contributed by atoms with Gasteiger partial charge < -0.3 is 0 Å². The number of carbonyl (C=O) groups excluding carboxylic acids is 2. The van der Waals surface area contributed by atoms with E-state index >= 15 is 0 Å². The first-order valence-electron chi connectivity index (χ1n) is 12.6. The summed E-state index contributed by atoms with van der Waals surface area (Å²) in [6.45, 7) is 0. The van der Waals surface area contributed by atoms with Gasteiger partial charge in [-0.15, -0.1) is 0 Å².